The van der Waals surface area contributed by atoms with Crippen molar-refractivity contribution in [1.82, 2.24) is 9.78 Å². The summed E-state index contributed by atoms with van der Waals surface area (Å²) in [5.74, 6) is 1.34. The Morgan fingerprint density at radius 1 is 1.08 bits per heavy atom. The minimum Gasteiger partial charge on any atom is -0.497 e. The average Bonchev–Trinajstić information content (AvgIpc) is 3.10. The number of benzene rings is 2. The zero-order valence-corrected chi connectivity index (χ0v) is 14.3. The molecule has 6 nitrogen and oxygen atoms in total. The zero-order valence-electron chi connectivity index (χ0n) is 14.3. The molecule has 1 heterocycles. The Labute approximate surface area is 145 Å². The van der Waals surface area contributed by atoms with Crippen LogP contribution in [0.2, 0.25) is 0 Å². The number of ether oxygens (including phenoxy) is 2. The van der Waals surface area contributed by atoms with E-state index in [1.165, 1.54) is 6.92 Å². The summed E-state index contributed by atoms with van der Waals surface area (Å²) in [6.45, 7) is 1.51. The Kier molecular flexibility index (Phi) is 4.43. The van der Waals surface area contributed by atoms with Crippen LogP contribution in [-0.4, -0.2) is 29.8 Å². The Bertz CT molecular complexity index is 931. The molecule has 2 N–H and O–H groups in total. The number of aromatic nitrogens is 2. The number of carbonyl (C=O) groups excluding carboxylic acids is 1. The van der Waals surface area contributed by atoms with E-state index in [4.69, 9.17) is 15.2 Å². The monoisotopic (exact) mass is 337 g/mol. The highest BCUT2D eigenvalue weighted by atomic mass is 16.5. The van der Waals surface area contributed by atoms with E-state index < -0.39 is 0 Å². The van der Waals surface area contributed by atoms with Crippen LogP contribution in [0.4, 0.5) is 5.69 Å². The fourth-order valence-corrected chi connectivity index (χ4v) is 2.68. The topological polar surface area (TPSA) is 79.4 Å². The summed E-state index contributed by atoms with van der Waals surface area (Å²) in [7, 11) is 3.21. The third-order valence-corrected chi connectivity index (χ3v) is 3.99. The van der Waals surface area contributed by atoms with E-state index in [1.54, 1.807) is 43.3 Å². The van der Waals surface area contributed by atoms with Gasteiger partial charge < -0.3 is 15.2 Å². The number of rotatable bonds is 5. The van der Waals surface area contributed by atoms with Crippen molar-refractivity contribution >= 4 is 11.5 Å². The highest BCUT2D eigenvalue weighted by Crippen LogP contribution is 2.35. The minimum absolute atomic E-state index is 0.0317. The van der Waals surface area contributed by atoms with E-state index >= 15 is 0 Å². The molecule has 3 rings (SSSR count). The Balaban J connectivity index is 2.12. The molecule has 0 spiro atoms. The number of carbonyl (C=O) groups is 1. The molecule has 128 valence electrons. The highest BCUT2D eigenvalue weighted by Gasteiger charge is 2.15. The van der Waals surface area contributed by atoms with Crippen LogP contribution in [0.15, 0.2) is 48.7 Å². The van der Waals surface area contributed by atoms with Gasteiger partial charge in [0, 0.05) is 17.2 Å². The van der Waals surface area contributed by atoms with Gasteiger partial charge in [-0.3, -0.25) is 4.79 Å². The molecule has 6 heteroatoms. The number of nitrogens with two attached hydrogens (primary N) is 1. The molecule has 0 radical (unpaired) electrons. The van der Waals surface area contributed by atoms with Crippen LogP contribution < -0.4 is 15.2 Å². The summed E-state index contributed by atoms with van der Waals surface area (Å²) < 4.78 is 12.5. The lowest BCUT2D eigenvalue weighted by molar-refractivity contribution is 0.101. The summed E-state index contributed by atoms with van der Waals surface area (Å²) in [5, 5.41) is 4.38. The fraction of sp³-hybridized carbons (Fsp3) is 0.158. The molecule has 0 unspecified atom stereocenters. The molecule has 0 atom stereocenters. The molecule has 2 aromatic carbocycles. The van der Waals surface area contributed by atoms with Gasteiger partial charge in [-0.05, 0) is 43.3 Å². The number of methoxy groups -OCH3 is 2. The molecule has 0 aliphatic rings. The largest absolute Gasteiger partial charge is 0.497 e. The van der Waals surface area contributed by atoms with E-state index in [0.717, 1.165) is 11.3 Å². The number of hydrogen-bond acceptors (Lipinski definition) is 5. The van der Waals surface area contributed by atoms with Crippen LogP contribution in [-0.2, 0) is 0 Å². The molecular formula is C19H19N3O3. The van der Waals surface area contributed by atoms with Crippen molar-refractivity contribution in [1.29, 1.82) is 0 Å². The number of Topliss-reactive ketones (excluding diaryl/α,β-unsaturated/α-hetero) is 1. The zero-order chi connectivity index (χ0) is 18.0. The van der Waals surface area contributed by atoms with Crippen LogP contribution >= 0.6 is 0 Å². The van der Waals surface area contributed by atoms with Gasteiger partial charge in [-0.25, -0.2) is 4.68 Å². The number of nitrogen functional groups attached to an aromatic ring is 1. The van der Waals surface area contributed by atoms with Crippen LogP contribution in [0.25, 0.3) is 16.9 Å². The standard InChI is InChI=1S/C19H19N3O3/c1-12(23)13-4-7-18(16(20)10-13)22-17(8-9-21-22)15-6-5-14(24-2)11-19(15)25-3/h4-11H,20H2,1-3H3. The third kappa shape index (κ3) is 3.06. The Morgan fingerprint density at radius 3 is 2.52 bits per heavy atom. The van der Waals surface area contributed by atoms with Crippen molar-refractivity contribution < 1.29 is 14.3 Å². The van der Waals surface area contributed by atoms with Gasteiger partial charge in [-0.2, -0.15) is 5.10 Å². The third-order valence-electron chi connectivity index (χ3n) is 3.99. The highest BCUT2D eigenvalue weighted by molar-refractivity contribution is 5.95. The van der Waals surface area contributed by atoms with Crippen LogP contribution in [0.1, 0.15) is 17.3 Å². The normalized spacial score (nSPS) is 10.5. The lowest BCUT2D eigenvalue weighted by Crippen LogP contribution is -2.05. The predicted octanol–water partition coefficient (Wildman–Crippen LogP) is 3.34. The quantitative estimate of drug-likeness (QED) is 0.570. The smallest absolute Gasteiger partial charge is 0.159 e. The van der Waals surface area contributed by atoms with Crippen molar-refractivity contribution in [3.63, 3.8) is 0 Å². The first-order valence-corrected chi connectivity index (χ1v) is 7.72. The molecule has 3 aromatic rings. The van der Waals surface area contributed by atoms with Crippen molar-refractivity contribution in [2.45, 2.75) is 6.92 Å². The molecule has 0 fully saturated rings. The van der Waals surface area contributed by atoms with Crippen molar-refractivity contribution in [2.75, 3.05) is 20.0 Å². The number of anilines is 1. The summed E-state index contributed by atoms with van der Waals surface area (Å²) in [6, 6.07) is 12.7. The Morgan fingerprint density at radius 2 is 1.88 bits per heavy atom. The Hall–Kier alpha value is -3.28. The first-order chi connectivity index (χ1) is 12.0. The lowest BCUT2D eigenvalue weighted by atomic mass is 10.1. The van der Waals surface area contributed by atoms with Crippen LogP contribution in [0, 0.1) is 0 Å². The minimum atomic E-state index is -0.0317. The summed E-state index contributed by atoms with van der Waals surface area (Å²) in [4.78, 5) is 11.5. The van der Waals surface area contributed by atoms with Crippen molar-refractivity contribution in [2.24, 2.45) is 0 Å². The molecule has 0 aliphatic heterocycles. The SMILES string of the molecule is COc1ccc(-c2ccnn2-c2ccc(C(C)=O)cc2N)c(OC)c1. The van der Waals surface area contributed by atoms with Crippen molar-refractivity contribution in [3.05, 3.63) is 54.2 Å². The summed E-state index contributed by atoms with van der Waals surface area (Å²) >= 11 is 0. The van der Waals surface area contributed by atoms with E-state index in [-0.39, 0.29) is 5.78 Å². The van der Waals surface area contributed by atoms with E-state index in [0.29, 0.717) is 28.4 Å². The molecule has 0 bridgehead atoms. The molecule has 1 aromatic heterocycles. The maximum Gasteiger partial charge on any atom is 0.159 e. The molecule has 25 heavy (non-hydrogen) atoms. The lowest BCUT2D eigenvalue weighted by Gasteiger charge is -2.14. The van der Waals surface area contributed by atoms with Gasteiger partial charge in [0.05, 0.1) is 37.5 Å². The fourth-order valence-electron chi connectivity index (χ4n) is 2.68. The van der Waals surface area contributed by atoms with Crippen LogP contribution in [0.5, 0.6) is 11.5 Å². The van der Waals surface area contributed by atoms with E-state index in [9.17, 15) is 4.79 Å². The van der Waals surface area contributed by atoms with E-state index in [2.05, 4.69) is 5.10 Å². The summed E-state index contributed by atoms with van der Waals surface area (Å²) in [6.07, 6.45) is 1.69. The van der Waals surface area contributed by atoms with Gasteiger partial charge in [-0.1, -0.05) is 0 Å². The van der Waals surface area contributed by atoms with Crippen LogP contribution in [0.3, 0.4) is 0 Å². The van der Waals surface area contributed by atoms with Gasteiger partial charge in [0.1, 0.15) is 11.5 Å². The van der Waals surface area contributed by atoms with Gasteiger partial charge in [-0.15, -0.1) is 0 Å². The molecule has 0 amide bonds. The maximum atomic E-state index is 11.5. The number of nitrogens with zero attached hydrogens (tertiary/aromatic N) is 2. The first kappa shape index (κ1) is 16.6. The second kappa shape index (κ2) is 6.68. The number of ketones is 1. The molecule has 0 saturated carbocycles. The molecule has 0 saturated heterocycles. The average molecular weight is 337 g/mol. The maximum absolute atomic E-state index is 11.5. The molecule has 0 aliphatic carbocycles. The van der Waals surface area contributed by atoms with Gasteiger partial charge in [0.25, 0.3) is 0 Å². The van der Waals surface area contributed by atoms with E-state index in [1.807, 2.05) is 24.3 Å². The van der Waals surface area contributed by atoms with Gasteiger partial charge in [0.15, 0.2) is 5.78 Å². The summed E-state index contributed by atoms with van der Waals surface area (Å²) in [5.41, 5.74) is 9.57. The van der Waals surface area contributed by atoms with Gasteiger partial charge in [0.2, 0.25) is 0 Å². The predicted molar refractivity (Wildman–Crippen MR) is 96.5 cm³/mol. The second-order valence-electron chi connectivity index (χ2n) is 5.52. The molecular weight excluding hydrogens is 318 g/mol. The van der Waals surface area contributed by atoms with Crippen molar-refractivity contribution in [3.8, 4) is 28.4 Å². The van der Waals surface area contributed by atoms with Gasteiger partial charge >= 0.3 is 0 Å². The second-order valence-corrected chi connectivity index (χ2v) is 5.52. The number of hydrogen-bond donors (Lipinski definition) is 1. The first-order valence-electron chi connectivity index (χ1n) is 7.72.